The molecule has 20 heavy (non-hydrogen) atoms. The molecule has 1 fully saturated rings. The van der Waals surface area contributed by atoms with Gasteiger partial charge in [0.2, 0.25) is 0 Å². The van der Waals surface area contributed by atoms with Crippen LogP contribution >= 0.6 is 15.9 Å². The molecule has 1 aromatic carbocycles. The first-order valence-electron chi connectivity index (χ1n) is 7.29. The summed E-state index contributed by atoms with van der Waals surface area (Å²) < 4.78 is 6.87. The third-order valence-corrected chi connectivity index (χ3v) is 4.46. The standard InChI is InChI=1S/C16H25BrN2O/c1-18-11-16(8-3-9-20-13-16)12-19(2)10-14-4-6-15(17)7-5-14/h4-7,18H,3,8-13H2,1-2H3. The summed E-state index contributed by atoms with van der Waals surface area (Å²) in [7, 11) is 4.24. The van der Waals surface area contributed by atoms with Gasteiger partial charge in [0.25, 0.3) is 0 Å². The Balaban J connectivity index is 1.93. The number of nitrogens with zero attached hydrogens (tertiary/aromatic N) is 1. The Hall–Kier alpha value is -0.420. The molecule has 1 heterocycles. The molecule has 1 aromatic rings. The highest BCUT2D eigenvalue weighted by Crippen LogP contribution is 2.29. The maximum atomic E-state index is 5.73. The van der Waals surface area contributed by atoms with Crippen LogP contribution in [-0.2, 0) is 11.3 Å². The molecule has 0 bridgehead atoms. The zero-order valence-electron chi connectivity index (χ0n) is 12.5. The second kappa shape index (κ2) is 7.55. The van der Waals surface area contributed by atoms with Crippen LogP contribution in [0, 0.1) is 5.41 Å². The Labute approximate surface area is 130 Å². The van der Waals surface area contributed by atoms with Crippen LogP contribution < -0.4 is 5.32 Å². The fraction of sp³-hybridized carbons (Fsp3) is 0.625. The van der Waals surface area contributed by atoms with Crippen LogP contribution in [-0.4, -0.2) is 45.3 Å². The summed E-state index contributed by atoms with van der Waals surface area (Å²) in [4.78, 5) is 2.41. The minimum atomic E-state index is 0.261. The topological polar surface area (TPSA) is 24.5 Å². The minimum Gasteiger partial charge on any atom is -0.381 e. The number of halogens is 1. The Kier molecular flexibility index (Phi) is 6.02. The fourth-order valence-electron chi connectivity index (χ4n) is 3.14. The van der Waals surface area contributed by atoms with E-state index >= 15 is 0 Å². The molecule has 0 aliphatic carbocycles. The van der Waals surface area contributed by atoms with Crippen molar-refractivity contribution in [2.45, 2.75) is 19.4 Å². The number of rotatable bonds is 6. The predicted octanol–water partition coefficient (Wildman–Crippen LogP) is 2.90. The maximum Gasteiger partial charge on any atom is 0.0546 e. The molecule has 0 radical (unpaired) electrons. The molecule has 3 nitrogen and oxygen atoms in total. The van der Waals surface area contributed by atoms with Crippen LogP contribution in [0.4, 0.5) is 0 Å². The first kappa shape index (κ1) is 16.0. The Bertz CT molecular complexity index is 396. The van der Waals surface area contributed by atoms with E-state index in [0.717, 1.165) is 37.3 Å². The normalized spacial score (nSPS) is 23.2. The van der Waals surface area contributed by atoms with Gasteiger partial charge in [0.15, 0.2) is 0 Å². The lowest BCUT2D eigenvalue weighted by Crippen LogP contribution is -2.47. The average Bonchev–Trinajstić information content (AvgIpc) is 2.42. The summed E-state index contributed by atoms with van der Waals surface area (Å²) >= 11 is 3.48. The molecular formula is C16H25BrN2O. The SMILES string of the molecule is CNCC1(CN(C)Cc2ccc(Br)cc2)CCCOC1. The highest BCUT2D eigenvalue weighted by Gasteiger charge is 2.33. The van der Waals surface area contributed by atoms with Crippen molar-refractivity contribution in [3.63, 3.8) is 0 Å². The molecule has 1 aliphatic heterocycles. The van der Waals surface area contributed by atoms with E-state index < -0.39 is 0 Å². The van der Waals surface area contributed by atoms with Gasteiger partial charge in [-0.25, -0.2) is 0 Å². The predicted molar refractivity (Wildman–Crippen MR) is 86.9 cm³/mol. The Morgan fingerprint density at radius 3 is 2.70 bits per heavy atom. The van der Waals surface area contributed by atoms with Crippen molar-refractivity contribution < 1.29 is 4.74 Å². The van der Waals surface area contributed by atoms with E-state index in [1.165, 1.54) is 18.4 Å². The second-order valence-corrected chi connectivity index (χ2v) is 6.90. The van der Waals surface area contributed by atoms with Gasteiger partial charge in [-0.2, -0.15) is 0 Å². The van der Waals surface area contributed by atoms with E-state index in [1.54, 1.807) is 0 Å². The van der Waals surface area contributed by atoms with Gasteiger partial charge in [-0.1, -0.05) is 28.1 Å². The first-order valence-corrected chi connectivity index (χ1v) is 8.08. The van der Waals surface area contributed by atoms with E-state index in [-0.39, 0.29) is 5.41 Å². The van der Waals surface area contributed by atoms with Gasteiger partial charge in [0.05, 0.1) is 6.61 Å². The lowest BCUT2D eigenvalue weighted by molar-refractivity contribution is -0.0228. The van der Waals surface area contributed by atoms with Crippen molar-refractivity contribution >= 4 is 15.9 Å². The number of hydrogen-bond acceptors (Lipinski definition) is 3. The summed E-state index contributed by atoms with van der Waals surface area (Å²) in [6.45, 7) is 4.88. The Morgan fingerprint density at radius 1 is 1.35 bits per heavy atom. The van der Waals surface area contributed by atoms with E-state index in [2.05, 4.69) is 57.5 Å². The quantitative estimate of drug-likeness (QED) is 0.861. The van der Waals surface area contributed by atoms with Crippen LogP contribution in [0.5, 0.6) is 0 Å². The molecule has 1 N–H and O–H groups in total. The van der Waals surface area contributed by atoms with Crippen molar-refractivity contribution in [2.24, 2.45) is 5.41 Å². The van der Waals surface area contributed by atoms with Gasteiger partial charge in [-0.05, 0) is 44.6 Å². The maximum absolute atomic E-state index is 5.73. The van der Waals surface area contributed by atoms with E-state index in [4.69, 9.17) is 4.74 Å². The second-order valence-electron chi connectivity index (χ2n) is 5.99. The lowest BCUT2D eigenvalue weighted by atomic mass is 9.82. The van der Waals surface area contributed by atoms with E-state index in [9.17, 15) is 0 Å². The highest BCUT2D eigenvalue weighted by atomic mass is 79.9. The molecule has 1 unspecified atom stereocenters. The number of ether oxygens (including phenoxy) is 1. The van der Waals surface area contributed by atoms with Crippen molar-refractivity contribution in [3.05, 3.63) is 34.3 Å². The molecule has 0 saturated carbocycles. The molecule has 0 aromatic heterocycles. The molecule has 4 heteroatoms. The van der Waals surface area contributed by atoms with Crippen LogP contribution in [0.15, 0.2) is 28.7 Å². The van der Waals surface area contributed by atoms with Gasteiger partial charge in [-0.15, -0.1) is 0 Å². The molecule has 112 valence electrons. The van der Waals surface area contributed by atoms with Gasteiger partial charge in [0, 0.05) is 36.1 Å². The van der Waals surface area contributed by atoms with Gasteiger partial charge in [0.1, 0.15) is 0 Å². The molecule has 0 spiro atoms. The molecule has 1 atom stereocenters. The van der Waals surface area contributed by atoms with Crippen molar-refractivity contribution in [1.82, 2.24) is 10.2 Å². The van der Waals surface area contributed by atoms with Crippen molar-refractivity contribution in [3.8, 4) is 0 Å². The molecule has 0 amide bonds. The minimum absolute atomic E-state index is 0.261. The van der Waals surface area contributed by atoms with Gasteiger partial charge >= 0.3 is 0 Å². The molecular weight excluding hydrogens is 316 g/mol. The number of nitrogens with one attached hydrogen (secondary N) is 1. The third kappa shape index (κ3) is 4.55. The molecule has 1 aliphatic rings. The monoisotopic (exact) mass is 340 g/mol. The van der Waals surface area contributed by atoms with Crippen LogP contribution in [0.25, 0.3) is 0 Å². The van der Waals surface area contributed by atoms with Crippen LogP contribution in [0.3, 0.4) is 0 Å². The summed E-state index contributed by atoms with van der Waals surface area (Å²) in [5.74, 6) is 0. The largest absolute Gasteiger partial charge is 0.381 e. The molecule has 1 saturated heterocycles. The van der Waals surface area contributed by atoms with E-state index in [1.807, 2.05) is 7.05 Å². The summed E-state index contributed by atoms with van der Waals surface area (Å²) in [5.41, 5.74) is 1.61. The average molecular weight is 341 g/mol. The smallest absolute Gasteiger partial charge is 0.0546 e. The highest BCUT2D eigenvalue weighted by molar-refractivity contribution is 9.10. The van der Waals surface area contributed by atoms with Crippen molar-refractivity contribution in [2.75, 3.05) is 40.4 Å². The van der Waals surface area contributed by atoms with Crippen LogP contribution in [0.2, 0.25) is 0 Å². The summed E-state index contributed by atoms with van der Waals surface area (Å²) in [5, 5.41) is 3.34. The van der Waals surface area contributed by atoms with Crippen LogP contribution in [0.1, 0.15) is 18.4 Å². The number of benzene rings is 1. The van der Waals surface area contributed by atoms with Gasteiger partial charge in [-0.3, -0.25) is 0 Å². The van der Waals surface area contributed by atoms with Gasteiger partial charge < -0.3 is 15.0 Å². The summed E-state index contributed by atoms with van der Waals surface area (Å²) in [6, 6.07) is 8.58. The first-order chi connectivity index (χ1) is 9.63. The summed E-state index contributed by atoms with van der Waals surface area (Å²) in [6.07, 6.45) is 2.42. The molecule has 2 rings (SSSR count). The Morgan fingerprint density at radius 2 is 2.10 bits per heavy atom. The zero-order valence-corrected chi connectivity index (χ0v) is 14.1. The third-order valence-electron chi connectivity index (χ3n) is 3.93. The lowest BCUT2D eigenvalue weighted by Gasteiger charge is -2.40. The van der Waals surface area contributed by atoms with E-state index in [0.29, 0.717) is 0 Å². The zero-order chi connectivity index (χ0) is 14.4. The van der Waals surface area contributed by atoms with Crippen molar-refractivity contribution in [1.29, 1.82) is 0 Å². The fourth-order valence-corrected chi connectivity index (χ4v) is 3.40. The number of hydrogen-bond donors (Lipinski definition) is 1.